The van der Waals surface area contributed by atoms with E-state index < -0.39 is 0 Å². The van der Waals surface area contributed by atoms with E-state index in [1.807, 2.05) is 57.0 Å². The Kier molecular flexibility index (Phi) is 7.19. The van der Waals surface area contributed by atoms with Crippen molar-refractivity contribution in [2.24, 2.45) is 0 Å². The van der Waals surface area contributed by atoms with Gasteiger partial charge in [0, 0.05) is 12.2 Å². The van der Waals surface area contributed by atoms with Crippen LogP contribution in [0.3, 0.4) is 0 Å². The van der Waals surface area contributed by atoms with E-state index in [1.54, 1.807) is 6.08 Å². The van der Waals surface area contributed by atoms with Crippen molar-refractivity contribution in [3.63, 3.8) is 0 Å². The summed E-state index contributed by atoms with van der Waals surface area (Å²) in [5.74, 6) is 0.816. The van der Waals surface area contributed by atoms with Gasteiger partial charge in [-0.2, -0.15) is 0 Å². The lowest BCUT2D eigenvalue weighted by Crippen LogP contribution is -2.39. The van der Waals surface area contributed by atoms with Crippen LogP contribution in [0.5, 0.6) is 5.75 Å². The van der Waals surface area contributed by atoms with Gasteiger partial charge in [0.15, 0.2) is 0 Å². The molecule has 1 N–H and O–H groups in total. The standard InChI is InChI=1S/C23H30N2O2/c1-7-12-27-21-10-8-20(9-11-21)15-25(6)19(5)23(26)24-22-17(3)13-16(2)14-18(22)4/h7-11,13-14,19H,1,12,15H2,2-6H3,(H,24,26)/t19-/m0/s1. The van der Waals surface area contributed by atoms with Crippen LogP contribution in [0.15, 0.2) is 49.1 Å². The van der Waals surface area contributed by atoms with E-state index >= 15 is 0 Å². The molecule has 0 aromatic heterocycles. The molecule has 0 bridgehead atoms. The Hall–Kier alpha value is -2.59. The first-order valence-electron chi connectivity index (χ1n) is 9.23. The number of rotatable bonds is 8. The van der Waals surface area contributed by atoms with Gasteiger partial charge in [-0.3, -0.25) is 9.69 Å². The van der Waals surface area contributed by atoms with E-state index in [0.29, 0.717) is 13.2 Å². The van der Waals surface area contributed by atoms with Gasteiger partial charge >= 0.3 is 0 Å². The average Bonchev–Trinajstić information content (AvgIpc) is 2.63. The van der Waals surface area contributed by atoms with Crippen molar-refractivity contribution in [1.29, 1.82) is 0 Å². The Balaban J connectivity index is 1.99. The molecule has 27 heavy (non-hydrogen) atoms. The number of anilines is 1. The molecule has 0 saturated carbocycles. The van der Waals surface area contributed by atoms with Gasteiger partial charge < -0.3 is 10.1 Å². The van der Waals surface area contributed by atoms with Crippen LogP contribution >= 0.6 is 0 Å². The third-order valence-corrected chi connectivity index (χ3v) is 4.69. The second-order valence-electron chi connectivity index (χ2n) is 7.10. The van der Waals surface area contributed by atoms with Gasteiger partial charge in [0.1, 0.15) is 12.4 Å². The summed E-state index contributed by atoms with van der Waals surface area (Å²) >= 11 is 0. The number of nitrogens with zero attached hydrogens (tertiary/aromatic N) is 1. The highest BCUT2D eigenvalue weighted by Crippen LogP contribution is 2.22. The molecule has 0 spiro atoms. The van der Waals surface area contributed by atoms with Crippen molar-refractivity contribution in [3.05, 3.63) is 71.3 Å². The van der Waals surface area contributed by atoms with E-state index in [0.717, 1.165) is 28.1 Å². The van der Waals surface area contributed by atoms with Crippen LogP contribution in [0.2, 0.25) is 0 Å². The number of nitrogens with one attached hydrogen (secondary N) is 1. The van der Waals surface area contributed by atoms with E-state index in [4.69, 9.17) is 4.74 Å². The highest BCUT2D eigenvalue weighted by atomic mass is 16.5. The van der Waals surface area contributed by atoms with Crippen LogP contribution in [0.4, 0.5) is 5.69 Å². The summed E-state index contributed by atoms with van der Waals surface area (Å²) in [4.78, 5) is 14.8. The van der Waals surface area contributed by atoms with E-state index in [9.17, 15) is 4.79 Å². The number of hydrogen-bond donors (Lipinski definition) is 1. The lowest BCUT2D eigenvalue weighted by Gasteiger charge is -2.25. The number of hydrogen-bond acceptors (Lipinski definition) is 3. The molecule has 0 aliphatic heterocycles. The van der Waals surface area contributed by atoms with Crippen molar-refractivity contribution in [3.8, 4) is 5.75 Å². The molecule has 0 aliphatic rings. The van der Waals surface area contributed by atoms with Crippen molar-refractivity contribution in [2.45, 2.75) is 40.3 Å². The van der Waals surface area contributed by atoms with Gasteiger partial charge in [0.2, 0.25) is 5.91 Å². The molecule has 1 atom stereocenters. The maximum absolute atomic E-state index is 12.7. The molecule has 0 radical (unpaired) electrons. The van der Waals surface area contributed by atoms with E-state index in [-0.39, 0.29) is 11.9 Å². The van der Waals surface area contributed by atoms with Gasteiger partial charge in [-0.1, -0.05) is 42.5 Å². The number of carbonyl (C=O) groups is 1. The molecule has 0 aliphatic carbocycles. The van der Waals surface area contributed by atoms with Crippen LogP contribution in [-0.2, 0) is 11.3 Å². The van der Waals surface area contributed by atoms with E-state index in [2.05, 4.69) is 31.0 Å². The third kappa shape index (κ3) is 5.69. The average molecular weight is 367 g/mol. The smallest absolute Gasteiger partial charge is 0.241 e. The molecule has 4 heteroatoms. The normalized spacial score (nSPS) is 11.9. The van der Waals surface area contributed by atoms with Crippen LogP contribution in [-0.4, -0.2) is 30.5 Å². The van der Waals surface area contributed by atoms with Crippen molar-refractivity contribution in [2.75, 3.05) is 19.0 Å². The Labute approximate surface area is 162 Å². The predicted octanol–water partition coefficient (Wildman–Crippen LogP) is 4.64. The number of carbonyl (C=O) groups excluding carboxylic acids is 1. The molecular formula is C23H30N2O2. The predicted molar refractivity (Wildman–Crippen MR) is 112 cm³/mol. The van der Waals surface area contributed by atoms with Crippen molar-refractivity contribution < 1.29 is 9.53 Å². The molecule has 0 heterocycles. The minimum absolute atomic E-state index is 0.00140. The van der Waals surface area contributed by atoms with Crippen LogP contribution in [0, 0.1) is 20.8 Å². The first-order valence-corrected chi connectivity index (χ1v) is 9.23. The third-order valence-electron chi connectivity index (χ3n) is 4.69. The molecule has 2 aromatic rings. The largest absolute Gasteiger partial charge is 0.490 e. The zero-order valence-corrected chi connectivity index (χ0v) is 17.0. The molecule has 4 nitrogen and oxygen atoms in total. The topological polar surface area (TPSA) is 41.6 Å². The molecule has 1 amide bonds. The number of amides is 1. The first-order chi connectivity index (χ1) is 12.8. The molecule has 0 fully saturated rings. The number of ether oxygens (including phenoxy) is 1. The summed E-state index contributed by atoms with van der Waals surface area (Å²) in [5, 5.41) is 3.09. The summed E-state index contributed by atoms with van der Waals surface area (Å²) in [5.41, 5.74) is 5.42. The number of benzene rings is 2. The minimum Gasteiger partial charge on any atom is -0.490 e. The quantitative estimate of drug-likeness (QED) is 0.692. The zero-order chi connectivity index (χ0) is 20.0. The van der Waals surface area contributed by atoms with Crippen LogP contribution in [0.1, 0.15) is 29.2 Å². The van der Waals surface area contributed by atoms with Crippen molar-refractivity contribution in [1.82, 2.24) is 4.90 Å². The highest BCUT2D eigenvalue weighted by molar-refractivity contribution is 5.95. The zero-order valence-electron chi connectivity index (χ0n) is 17.0. The van der Waals surface area contributed by atoms with Crippen LogP contribution in [0.25, 0.3) is 0 Å². The van der Waals surface area contributed by atoms with Gasteiger partial charge in [0.25, 0.3) is 0 Å². The summed E-state index contributed by atoms with van der Waals surface area (Å²) in [6, 6.07) is 11.9. The Morgan fingerprint density at radius 1 is 1.19 bits per heavy atom. The first kappa shape index (κ1) is 20.7. The van der Waals surface area contributed by atoms with Gasteiger partial charge in [-0.05, 0) is 63.6 Å². The number of aryl methyl sites for hydroxylation is 3. The summed E-state index contributed by atoms with van der Waals surface area (Å²) in [7, 11) is 1.96. The molecular weight excluding hydrogens is 336 g/mol. The second kappa shape index (κ2) is 9.38. The fraction of sp³-hybridized carbons (Fsp3) is 0.348. The summed E-state index contributed by atoms with van der Waals surface area (Å²) < 4.78 is 5.50. The second-order valence-corrected chi connectivity index (χ2v) is 7.10. The maximum atomic E-state index is 12.7. The van der Waals surface area contributed by atoms with Crippen molar-refractivity contribution >= 4 is 11.6 Å². The maximum Gasteiger partial charge on any atom is 0.241 e. The molecule has 2 rings (SSSR count). The fourth-order valence-corrected chi connectivity index (χ4v) is 3.08. The van der Waals surface area contributed by atoms with Gasteiger partial charge in [0.05, 0.1) is 6.04 Å². The monoisotopic (exact) mass is 366 g/mol. The van der Waals surface area contributed by atoms with E-state index in [1.165, 1.54) is 5.56 Å². The molecule has 2 aromatic carbocycles. The number of likely N-dealkylation sites (N-methyl/N-ethyl adjacent to an activating group) is 1. The lowest BCUT2D eigenvalue weighted by atomic mass is 10.0. The lowest BCUT2D eigenvalue weighted by molar-refractivity contribution is -0.120. The summed E-state index contributed by atoms with van der Waals surface area (Å²) in [6.45, 7) is 12.9. The van der Waals surface area contributed by atoms with Gasteiger partial charge in [-0.15, -0.1) is 0 Å². The molecule has 0 saturated heterocycles. The van der Waals surface area contributed by atoms with Crippen LogP contribution < -0.4 is 10.1 Å². The SMILES string of the molecule is C=CCOc1ccc(CN(C)[C@@H](C)C(=O)Nc2c(C)cc(C)cc2C)cc1. The molecule has 144 valence electrons. The molecule has 0 unspecified atom stereocenters. The summed E-state index contributed by atoms with van der Waals surface area (Å²) in [6.07, 6.45) is 1.72. The fourth-order valence-electron chi connectivity index (χ4n) is 3.08. The minimum atomic E-state index is -0.248. The Bertz CT molecular complexity index is 774. The highest BCUT2D eigenvalue weighted by Gasteiger charge is 2.19. The Morgan fingerprint density at radius 2 is 1.78 bits per heavy atom. The Morgan fingerprint density at radius 3 is 2.33 bits per heavy atom. The van der Waals surface area contributed by atoms with Gasteiger partial charge in [-0.25, -0.2) is 0 Å².